The molecule has 0 aliphatic carbocycles. The van der Waals surface area contributed by atoms with Gasteiger partial charge in [-0.1, -0.05) is 41.0 Å². The Balaban J connectivity index is 1.43. The van der Waals surface area contributed by atoms with Crippen molar-refractivity contribution < 1.29 is 18.4 Å². The highest BCUT2D eigenvalue weighted by atomic mass is 35.5. The van der Waals surface area contributed by atoms with E-state index in [-0.39, 0.29) is 24.1 Å². The zero-order chi connectivity index (χ0) is 21.8. The zero-order valence-electron chi connectivity index (χ0n) is 16.4. The molecule has 2 aromatic carbocycles. The van der Waals surface area contributed by atoms with Gasteiger partial charge in [0.2, 0.25) is 5.95 Å². The highest BCUT2D eigenvalue weighted by Gasteiger charge is 2.22. The molecule has 0 unspecified atom stereocenters. The lowest BCUT2D eigenvalue weighted by atomic mass is 10.2. The van der Waals surface area contributed by atoms with Crippen molar-refractivity contribution in [2.45, 2.75) is 20.1 Å². The first-order valence-corrected chi connectivity index (χ1v) is 9.65. The molecule has 0 spiro atoms. The number of nitrogens with one attached hydrogen (secondary N) is 1. The molecule has 0 radical (unpaired) electrons. The normalized spacial score (nSPS) is 10.8. The molecule has 2 heterocycles. The summed E-state index contributed by atoms with van der Waals surface area (Å²) >= 11 is 6.10. The number of benzene rings is 2. The molecular formula is C21H17ClFN5O3. The van der Waals surface area contributed by atoms with Gasteiger partial charge in [0.15, 0.2) is 5.69 Å². The fourth-order valence-electron chi connectivity index (χ4n) is 2.86. The number of ether oxygens (including phenoxy) is 1. The van der Waals surface area contributed by atoms with Gasteiger partial charge in [-0.3, -0.25) is 10.1 Å². The van der Waals surface area contributed by atoms with E-state index in [1.165, 1.54) is 23.1 Å². The number of aromatic nitrogens is 4. The van der Waals surface area contributed by atoms with Crippen LogP contribution in [0, 0.1) is 12.7 Å². The van der Waals surface area contributed by atoms with Crippen LogP contribution in [0.3, 0.4) is 0 Å². The SMILES string of the molecule is Cc1onc(C(=O)Nc2ncn(Cc3cccc(F)c3)n2)c1COc1ccccc1Cl. The maximum Gasteiger partial charge on any atom is 0.280 e. The number of rotatable bonds is 7. The van der Waals surface area contributed by atoms with Gasteiger partial charge in [-0.25, -0.2) is 14.1 Å². The molecule has 0 aliphatic rings. The van der Waals surface area contributed by atoms with Gasteiger partial charge in [0.25, 0.3) is 5.91 Å². The number of hydrogen-bond acceptors (Lipinski definition) is 6. The van der Waals surface area contributed by atoms with Crippen molar-refractivity contribution in [1.29, 1.82) is 0 Å². The number of nitrogens with zero attached hydrogens (tertiary/aromatic N) is 4. The fraction of sp³-hybridized carbons (Fsp3) is 0.143. The standard InChI is InChI=1S/C21H17ClFN5O3/c1-13-16(11-30-18-8-3-2-7-17(18)22)19(27-31-13)20(29)25-21-24-12-28(26-21)10-14-5-4-6-15(23)9-14/h2-9,12H,10-11H2,1H3,(H,25,26,29). The Morgan fingerprint density at radius 1 is 1.26 bits per heavy atom. The van der Waals surface area contributed by atoms with Crippen molar-refractivity contribution in [2.24, 2.45) is 0 Å². The second kappa shape index (κ2) is 8.97. The number of aryl methyl sites for hydroxylation is 1. The Hall–Kier alpha value is -3.72. The molecule has 31 heavy (non-hydrogen) atoms. The minimum Gasteiger partial charge on any atom is -0.487 e. The second-order valence-electron chi connectivity index (χ2n) is 6.63. The molecule has 0 bridgehead atoms. The summed E-state index contributed by atoms with van der Waals surface area (Å²) in [6.45, 7) is 2.03. The summed E-state index contributed by atoms with van der Waals surface area (Å²) in [4.78, 5) is 16.7. The fourth-order valence-corrected chi connectivity index (χ4v) is 3.05. The third kappa shape index (κ3) is 4.89. The first-order valence-electron chi connectivity index (χ1n) is 9.27. The molecule has 0 fully saturated rings. The first-order chi connectivity index (χ1) is 15.0. The molecule has 8 nitrogen and oxygen atoms in total. The Morgan fingerprint density at radius 3 is 2.90 bits per heavy atom. The van der Waals surface area contributed by atoms with E-state index in [2.05, 4.69) is 20.6 Å². The van der Waals surface area contributed by atoms with E-state index in [0.29, 0.717) is 34.2 Å². The molecule has 0 saturated heterocycles. The van der Waals surface area contributed by atoms with E-state index < -0.39 is 5.91 Å². The maximum atomic E-state index is 13.3. The number of carbonyl (C=O) groups is 1. The largest absolute Gasteiger partial charge is 0.487 e. The van der Waals surface area contributed by atoms with Crippen LogP contribution in [0.5, 0.6) is 5.75 Å². The van der Waals surface area contributed by atoms with Crippen molar-refractivity contribution in [1.82, 2.24) is 19.9 Å². The minimum atomic E-state index is -0.543. The van der Waals surface area contributed by atoms with Crippen molar-refractivity contribution in [2.75, 3.05) is 5.32 Å². The van der Waals surface area contributed by atoms with Gasteiger partial charge in [-0.2, -0.15) is 0 Å². The molecule has 2 aromatic heterocycles. The molecule has 0 aliphatic heterocycles. The van der Waals surface area contributed by atoms with Crippen LogP contribution in [0.1, 0.15) is 27.4 Å². The van der Waals surface area contributed by atoms with Gasteiger partial charge >= 0.3 is 0 Å². The molecular weight excluding hydrogens is 425 g/mol. The lowest BCUT2D eigenvalue weighted by Crippen LogP contribution is -2.16. The molecule has 158 valence electrons. The van der Waals surface area contributed by atoms with Gasteiger partial charge < -0.3 is 9.26 Å². The molecule has 0 saturated carbocycles. The van der Waals surface area contributed by atoms with E-state index in [1.54, 1.807) is 43.3 Å². The third-order valence-corrected chi connectivity index (χ3v) is 4.72. The van der Waals surface area contributed by atoms with Gasteiger partial charge in [0.1, 0.15) is 30.3 Å². The van der Waals surface area contributed by atoms with E-state index in [9.17, 15) is 9.18 Å². The van der Waals surface area contributed by atoms with Gasteiger partial charge in [-0.15, -0.1) is 5.10 Å². The van der Waals surface area contributed by atoms with Gasteiger partial charge in [-0.05, 0) is 36.8 Å². The smallest absolute Gasteiger partial charge is 0.280 e. The summed E-state index contributed by atoms with van der Waals surface area (Å²) in [6, 6.07) is 13.2. The summed E-state index contributed by atoms with van der Waals surface area (Å²) in [5, 5.41) is 11.0. The van der Waals surface area contributed by atoms with Crippen LogP contribution >= 0.6 is 11.6 Å². The minimum absolute atomic E-state index is 0.0449. The average molecular weight is 442 g/mol. The van der Waals surface area contributed by atoms with Crippen molar-refractivity contribution in [3.63, 3.8) is 0 Å². The lowest BCUT2D eigenvalue weighted by molar-refractivity contribution is 0.101. The molecule has 10 heteroatoms. The predicted octanol–water partition coefficient (Wildman–Crippen LogP) is 4.25. The number of para-hydroxylation sites is 1. The highest BCUT2D eigenvalue weighted by Crippen LogP contribution is 2.25. The van der Waals surface area contributed by atoms with Crippen molar-refractivity contribution in [3.05, 3.63) is 88.3 Å². The van der Waals surface area contributed by atoms with Crippen LogP contribution in [-0.2, 0) is 13.2 Å². The van der Waals surface area contributed by atoms with Crippen molar-refractivity contribution in [3.8, 4) is 5.75 Å². The summed E-state index contributed by atoms with van der Waals surface area (Å²) in [7, 11) is 0. The quantitative estimate of drug-likeness (QED) is 0.460. The summed E-state index contributed by atoms with van der Waals surface area (Å²) in [5.74, 6) is 0.132. The molecule has 1 amide bonds. The monoisotopic (exact) mass is 441 g/mol. The summed E-state index contributed by atoms with van der Waals surface area (Å²) in [5.41, 5.74) is 1.26. The van der Waals surface area contributed by atoms with Gasteiger partial charge in [0, 0.05) is 0 Å². The highest BCUT2D eigenvalue weighted by molar-refractivity contribution is 6.32. The van der Waals surface area contributed by atoms with Crippen LogP contribution < -0.4 is 10.1 Å². The average Bonchev–Trinajstić information content (AvgIpc) is 3.33. The third-order valence-electron chi connectivity index (χ3n) is 4.40. The maximum absolute atomic E-state index is 13.3. The molecule has 0 atom stereocenters. The Bertz CT molecular complexity index is 1220. The number of hydrogen-bond donors (Lipinski definition) is 1. The Kier molecular flexibility index (Phi) is 5.94. The number of carbonyl (C=O) groups excluding carboxylic acids is 1. The van der Waals surface area contributed by atoms with E-state index >= 15 is 0 Å². The summed E-state index contributed by atoms with van der Waals surface area (Å²) in [6.07, 6.45) is 1.44. The first kappa shape index (κ1) is 20.5. The van der Waals surface area contributed by atoms with Crippen LogP contribution in [0.25, 0.3) is 0 Å². The van der Waals surface area contributed by atoms with E-state index in [0.717, 1.165) is 0 Å². The topological polar surface area (TPSA) is 95.1 Å². The Morgan fingerprint density at radius 2 is 2.10 bits per heavy atom. The number of anilines is 1. The van der Waals surface area contributed by atoms with E-state index in [4.69, 9.17) is 20.9 Å². The zero-order valence-corrected chi connectivity index (χ0v) is 17.1. The van der Waals surface area contributed by atoms with Crippen molar-refractivity contribution >= 4 is 23.5 Å². The van der Waals surface area contributed by atoms with Crippen LogP contribution in [0.4, 0.5) is 10.3 Å². The molecule has 4 aromatic rings. The summed E-state index contributed by atoms with van der Waals surface area (Å²) < 4.78 is 25.7. The van der Waals surface area contributed by atoms with Crippen LogP contribution in [0.15, 0.2) is 59.4 Å². The Labute approximate surface area is 181 Å². The predicted molar refractivity (Wildman–Crippen MR) is 111 cm³/mol. The number of halogens is 2. The van der Waals surface area contributed by atoms with E-state index in [1.807, 2.05) is 0 Å². The lowest BCUT2D eigenvalue weighted by Gasteiger charge is -2.07. The molecule has 1 N–H and O–H groups in total. The number of amides is 1. The van der Waals surface area contributed by atoms with Crippen LogP contribution in [-0.4, -0.2) is 25.8 Å². The molecule has 4 rings (SSSR count). The second-order valence-corrected chi connectivity index (χ2v) is 7.04. The van der Waals surface area contributed by atoms with Gasteiger partial charge in [0.05, 0.1) is 17.1 Å². The van der Waals surface area contributed by atoms with Crippen LogP contribution in [0.2, 0.25) is 5.02 Å².